The van der Waals surface area contributed by atoms with E-state index < -0.39 is 0 Å². The lowest BCUT2D eigenvalue weighted by Gasteiger charge is -2.26. The van der Waals surface area contributed by atoms with Gasteiger partial charge in [-0.1, -0.05) is 0 Å². The van der Waals surface area contributed by atoms with Gasteiger partial charge in [-0.25, -0.2) is 0 Å². The average molecular weight is 280 g/mol. The Labute approximate surface area is 120 Å². The minimum atomic E-state index is -0.257. The van der Waals surface area contributed by atoms with E-state index in [2.05, 4.69) is 15.3 Å². The summed E-state index contributed by atoms with van der Waals surface area (Å²) in [5, 5.41) is 7.14. The van der Waals surface area contributed by atoms with Gasteiger partial charge in [-0.15, -0.1) is 0 Å². The molecule has 6 heteroatoms. The van der Waals surface area contributed by atoms with E-state index in [-0.39, 0.29) is 11.9 Å². The van der Waals surface area contributed by atoms with Gasteiger partial charge in [0.25, 0.3) is 0 Å². The van der Waals surface area contributed by atoms with Crippen LogP contribution in [0.2, 0.25) is 0 Å². The molecule has 1 aromatic heterocycles. The van der Waals surface area contributed by atoms with Crippen molar-refractivity contribution in [3.8, 4) is 0 Å². The highest BCUT2D eigenvalue weighted by atomic mass is 16.5. The van der Waals surface area contributed by atoms with Crippen molar-refractivity contribution in [1.29, 1.82) is 0 Å². The van der Waals surface area contributed by atoms with Crippen LogP contribution >= 0.6 is 0 Å². The highest BCUT2D eigenvalue weighted by Crippen LogP contribution is 2.06. The summed E-state index contributed by atoms with van der Waals surface area (Å²) in [5.74, 6) is 0.0232. The number of ether oxygens (including phenoxy) is 1. The molecule has 1 atom stereocenters. The number of nitrogens with zero attached hydrogens (tertiary/aromatic N) is 3. The number of nitrogens with one attached hydrogen (secondary N) is 1. The number of hydrogen-bond donors (Lipinski definition) is 1. The molecule has 1 N–H and O–H groups in total. The van der Waals surface area contributed by atoms with Gasteiger partial charge >= 0.3 is 0 Å². The van der Waals surface area contributed by atoms with E-state index in [0.717, 1.165) is 44.8 Å². The van der Waals surface area contributed by atoms with Gasteiger partial charge in [0.2, 0.25) is 5.91 Å². The molecule has 0 spiro atoms. The smallest absolute Gasteiger partial charge is 0.244 e. The van der Waals surface area contributed by atoms with Crippen molar-refractivity contribution < 1.29 is 9.53 Å². The van der Waals surface area contributed by atoms with Crippen LogP contribution < -0.4 is 5.32 Å². The quantitative estimate of drug-likeness (QED) is 0.775. The number of rotatable bonds is 6. The Hall–Kier alpha value is -1.40. The zero-order valence-corrected chi connectivity index (χ0v) is 12.3. The van der Waals surface area contributed by atoms with Crippen molar-refractivity contribution in [2.75, 3.05) is 39.4 Å². The van der Waals surface area contributed by atoms with Crippen molar-refractivity contribution in [1.82, 2.24) is 20.0 Å². The molecule has 1 amide bonds. The van der Waals surface area contributed by atoms with Crippen LogP contribution in [0.1, 0.15) is 24.9 Å². The van der Waals surface area contributed by atoms with Gasteiger partial charge < -0.3 is 10.1 Å². The largest absolute Gasteiger partial charge is 0.379 e. The van der Waals surface area contributed by atoms with Gasteiger partial charge in [-0.2, -0.15) is 5.10 Å². The van der Waals surface area contributed by atoms with Gasteiger partial charge in [-0.05, 0) is 32.4 Å². The molecule has 2 rings (SSSR count). The van der Waals surface area contributed by atoms with E-state index in [4.69, 9.17) is 4.74 Å². The molecule has 0 radical (unpaired) electrons. The molecule has 1 aliphatic rings. The number of amides is 1. The fraction of sp³-hybridized carbons (Fsp3) is 0.714. The molecule has 112 valence electrons. The van der Waals surface area contributed by atoms with Crippen molar-refractivity contribution in [2.45, 2.75) is 26.3 Å². The Kier molecular flexibility index (Phi) is 5.55. The van der Waals surface area contributed by atoms with Crippen LogP contribution in [0.3, 0.4) is 0 Å². The van der Waals surface area contributed by atoms with Crippen molar-refractivity contribution in [3.05, 3.63) is 18.0 Å². The first kappa shape index (κ1) is 15.0. The SMILES string of the molecule is Cc1cnn(C(C)C(=O)NCCCN2CCOCC2)c1. The van der Waals surface area contributed by atoms with E-state index in [1.165, 1.54) is 0 Å². The lowest BCUT2D eigenvalue weighted by atomic mass is 10.3. The Morgan fingerprint density at radius 2 is 2.25 bits per heavy atom. The highest BCUT2D eigenvalue weighted by molar-refractivity contribution is 5.79. The number of hydrogen-bond acceptors (Lipinski definition) is 4. The van der Waals surface area contributed by atoms with Gasteiger partial charge in [0.15, 0.2) is 0 Å². The molecule has 0 bridgehead atoms. The second-order valence-electron chi connectivity index (χ2n) is 5.27. The van der Waals surface area contributed by atoms with Crippen LogP contribution in [0.15, 0.2) is 12.4 Å². The Bertz CT molecular complexity index is 427. The first-order valence-electron chi connectivity index (χ1n) is 7.25. The van der Waals surface area contributed by atoms with Crippen molar-refractivity contribution in [2.24, 2.45) is 0 Å². The summed E-state index contributed by atoms with van der Waals surface area (Å²) in [6, 6.07) is -0.257. The van der Waals surface area contributed by atoms with Gasteiger partial charge in [-0.3, -0.25) is 14.4 Å². The molecule has 1 saturated heterocycles. The number of aromatic nitrogens is 2. The normalized spacial score (nSPS) is 17.9. The predicted octanol–water partition coefficient (Wildman–Crippen LogP) is 0.591. The molecule has 1 aliphatic heterocycles. The number of carbonyl (C=O) groups is 1. The van der Waals surface area contributed by atoms with Crippen LogP contribution in [-0.4, -0.2) is 60.0 Å². The maximum atomic E-state index is 12.0. The highest BCUT2D eigenvalue weighted by Gasteiger charge is 2.15. The van der Waals surface area contributed by atoms with Crippen LogP contribution in [0.4, 0.5) is 0 Å². The summed E-state index contributed by atoms with van der Waals surface area (Å²) in [7, 11) is 0. The number of carbonyl (C=O) groups excluding carboxylic acids is 1. The van der Waals surface area contributed by atoms with E-state index in [0.29, 0.717) is 6.54 Å². The Morgan fingerprint density at radius 3 is 2.90 bits per heavy atom. The molecule has 1 aromatic rings. The zero-order chi connectivity index (χ0) is 14.4. The first-order chi connectivity index (χ1) is 9.66. The van der Waals surface area contributed by atoms with Crippen LogP contribution in [0, 0.1) is 6.92 Å². The molecule has 1 fully saturated rings. The summed E-state index contributed by atoms with van der Waals surface area (Å²) in [4.78, 5) is 14.4. The number of aryl methyl sites for hydroxylation is 1. The summed E-state index contributed by atoms with van der Waals surface area (Å²) in [6.45, 7) is 9.19. The summed E-state index contributed by atoms with van der Waals surface area (Å²) in [5.41, 5.74) is 1.07. The first-order valence-corrected chi connectivity index (χ1v) is 7.25. The maximum Gasteiger partial charge on any atom is 0.244 e. The summed E-state index contributed by atoms with van der Waals surface area (Å²) < 4.78 is 7.01. The van der Waals surface area contributed by atoms with Crippen LogP contribution in [0.5, 0.6) is 0 Å². The predicted molar refractivity (Wildman–Crippen MR) is 76.6 cm³/mol. The van der Waals surface area contributed by atoms with Crippen LogP contribution in [0.25, 0.3) is 0 Å². The fourth-order valence-corrected chi connectivity index (χ4v) is 2.25. The molecule has 0 saturated carbocycles. The molecular weight excluding hydrogens is 256 g/mol. The maximum absolute atomic E-state index is 12.0. The minimum absolute atomic E-state index is 0.0232. The Balaban J connectivity index is 1.64. The van der Waals surface area contributed by atoms with E-state index in [1.54, 1.807) is 10.9 Å². The minimum Gasteiger partial charge on any atom is -0.379 e. The number of morpholine rings is 1. The zero-order valence-electron chi connectivity index (χ0n) is 12.3. The molecule has 1 unspecified atom stereocenters. The Morgan fingerprint density at radius 1 is 1.50 bits per heavy atom. The van der Waals surface area contributed by atoms with Crippen molar-refractivity contribution in [3.63, 3.8) is 0 Å². The average Bonchev–Trinajstić information content (AvgIpc) is 2.90. The van der Waals surface area contributed by atoms with Crippen LogP contribution in [-0.2, 0) is 9.53 Å². The standard InChI is InChI=1S/C14H24N4O2/c1-12-10-16-18(11-12)13(2)14(19)15-4-3-5-17-6-8-20-9-7-17/h10-11,13H,3-9H2,1-2H3,(H,15,19). The van der Waals surface area contributed by atoms with Crippen molar-refractivity contribution >= 4 is 5.91 Å². The monoisotopic (exact) mass is 280 g/mol. The fourth-order valence-electron chi connectivity index (χ4n) is 2.25. The molecule has 20 heavy (non-hydrogen) atoms. The van der Waals surface area contributed by atoms with Gasteiger partial charge in [0.05, 0.1) is 19.4 Å². The lowest BCUT2D eigenvalue weighted by molar-refractivity contribution is -0.124. The third-order valence-electron chi connectivity index (χ3n) is 3.56. The molecule has 6 nitrogen and oxygen atoms in total. The topological polar surface area (TPSA) is 59.4 Å². The third-order valence-corrected chi connectivity index (χ3v) is 3.56. The molecular formula is C14H24N4O2. The second kappa shape index (κ2) is 7.40. The van der Waals surface area contributed by atoms with Gasteiger partial charge in [0, 0.05) is 25.8 Å². The molecule has 2 heterocycles. The summed E-state index contributed by atoms with van der Waals surface area (Å²) in [6.07, 6.45) is 4.62. The molecule has 0 aliphatic carbocycles. The molecule has 0 aromatic carbocycles. The van der Waals surface area contributed by atoms with E-state index in [9.17, 15) is 4.79 Å². The summed E-state index contributed by atoms with van der Waals surface area (Å²) >= 11 is 0. The lowest BCUT2D eigenvalue weighted by Crippen LogP contribution is -2.38. The van der Waals surface area contributed by atoms with E-state index in [1.807, 2.05) is 20.0 Å². The second-order valence-corrected chi connectivity index (χ2v) is 5.27. The third kappa shape index (κ3) is 4.31. The van der Waals surface area contributed by atoms with Gasteiger partial charge in [0.1, 0.15) is 6.04 Å². The van der Waals surface area contributed by atoms with E-state index >= 15 is 0 Å².